The topological polar surface area (TPSA) is 82.8 Å². The van der Waals surface area contributed by atoms with Crippen molar-refractivity contribution in [3.05, 3.63) is 48.0 Å². The number of rotatable bonds is 8. The summed E-state index contributed by atoms with van der Waals surface area (Å²) in [6, 6.07) is 12.8. The van der Waals surface area contributed by atoms with Crippen molar-refractivity contribution in [1.82, 2.24) is 0 Å². The van der Waals surface area contributed by atoms with E-state index in [0.717, 1.165) is 12.0 Å². The van der Waals surface area contributed by atoms with E-state index in [0.29, 0.717) is 22.9 Å². The van der Waals surface area contributed by atoms with E-state index in [9.17, 15) is 4.79 Å². The van der Waals surface area contributed by atoms with Crippen molar-refractivity contribution in [2.75, 3.05) is 26.1 Å². The van der Waals surface area contributed by atoms with Gasteiger partial charge in [-0.2, -0.15) is 0 Å². The average Bonchev–Trinajstić information content (AvgIpc) is 2.60. The summed E-state index contributed by atoms with van der Waals surface area (Å²) in [6.07, 6.45) is 0.741. The first-order chi connectivity index (χ1) is 12.0. The number of hydrogen-bond acceptors (Lipinski definition) is 5. The van der Waals surface area contributed by atoms with Gasteiger partial charge in [-0.25, -0.2) is 0 Å². The van der Waals surface area contributed by atoms with Gasteiger partial charge in [0.2, 0.25) is 0 Å². The zero-order valence-electron chi connectivity index (χ0n) is 15.2. The number of hydrogen-bond donors (Lipinski definition) is 2. The second-order valence-corrected chi connectivity index (χ2v) is 5.70. The average molecular weight is 381 g/mol. The molecule has 0 heterocycles. The Morgan fingerprint density at radius 3 is 2.42 bits per heavy atom. The summed E-state index contributed by atoms with van der Waals surface area (Å²) < 4.78 is 16.1. The van der Waals surface area contributed by atoms with Crippen LogP contribution in [-0.2, 0) is 11.2 Å². The van der Waals surface area contributed by atoms with Crippen molar-refractivity contribution < 1.29 is 19.0 Å². The molecule has 1 amide bonds. The molecule has 0 spiro atoms. The molecule has 2 aromatic carbocycles. The second kappa shape index (κ2) is 10.5. The lowest BCUT2D eigenvalue weighted by atomic mass is 10.1. The molecule has 0 aliphatic rings. The zero-order chi connectivity index (χ0) is 18.2. The summed E-state index contributed by atoms with van der Waals surface area (Å²) in [5, 5.41) is 2.76. The normalized spacial score (nSPS) is 11.1. The molecule has 142 valence electrons. The minimum absolute atomic E-state index is 0. The molecule has 6 nitrogen and oxygen atoms in total. The lowest BCUT2D eigenvalue weighted by molar-refractivity contribution is -0.118. The fourth-order valence-electron chi connectivity index (χ4n) is 2.41. The quantitative estimate of drug-likeness (QED) is 0.735. The highest BCUT2D eigenvalue weighted by molar-refractivity contribution is 5.93. The minimum Gasteiger partial charge on any atom is -0.495 e. The van der Waals surface area contributed by atoms with Gasteiger partial charge in [-0.15, -0.1) is 12.4 Å². The summed E-state index contributed by atoms with van der Waals surface area (Å²) in [5.74, 6) is 1.38. The number of benzene rings is 2. The maximum atomic E-state index is 12.1. The van der Waals surface area contributed by atoms with Crippen molar-refractivity contribution in [2.24, 2.45) is 5.73 Å². The molecule has 0 saturated heterocycles. The van der Waals surface area contributed by atoms with Crippen LogP contribution in [0.15, 0.2) is 42.5 Å². The van der Waals surface area contributed by atoms with E-state index in [4.69, 9.17) is 19.9 Å². The molecule has 1 atom stereocenters. The number of ether oxygens (including phenoxy) is 3. The van der Waals surface area contributed by atoms with Crippen LogP contribution >= 0.6 is 12.4 Å². The van der Waals surface area contributed by atoms with Crippen LogP contribution in [0.1, 0.15) is 12.5 Å². The fraction of sp³-hybridized carbons (Fsp3) is 0.316. The fourth-order valence-corrected chi connectivity index (χ4v) is 2.41. The summed E-state index contributed by atoms with van der Waals surface area (Å²) >= 11 is 0. The van der Waals surface area contributed by atoms with Crippen molar-refractivity contribution in [3.63, 3.8) is 0 Å². The molecule has 0 radical (unpaired) electrons. The summed E-state index contributed by atoms with van der Waals surface area (Å²) in [4.78, 5) is 12.1. The minimum atomic E-state index is -0.286. The molecule has 3 N–H and O–H groups in total. The lowest BCUT2D eigenvalue weighted by Crippen LogP contribution is -2.21. The molecule has 2 rings (SSSR count). The number of para-hydroxylation sites is 2. The second-order valence-electron chi connectivity index (χ2n) is 5.70. The van der Waals surface area contributed by atoms with Crippen molar-refractivity contribution in [1.29, 1.82) is 0 Å². The van der Waals surface area contributed by atoms with Gasteiger partial charge in [0.05, 0.1) is 19.9 Å². The first kappa shape index (κ1) is 21.6. The molecule has 0 aliphatic carbocycles. The van der Waals surface area contributed by atoms with Crippen LogP contribution in [0.25, 0.3) is 0 Å². The Labute approximate surface area is 160 Å². The number of amides is 1. The van der Waals surface area contributed by atoms with Crippen LogP contribution < -0.4 is 25.3 Å². The number of anilines is 1. The zero-order valence-corrected chi connectivity index (χ0v) is 16.0. The Morgan fingerprint density at radius 2 is 1.77 bits per heavy atom. The van der Waals surface area contributed by atoms with E-state index in [1.54, 1.807) is 32.4 Å². The molecule has 7 heteroatoms. The van der Waals surface area contributed by atoms with E-state index < -0.39 is 0 Å². The van der Waals surface area contributed by atoms with Gasteiger partial charge in [0.25, 0.3) is 5.91 Å². The van der Waals surface area contributed by atoms with Gasteiger partial charge in [-0.3, -0.25) is 4.79 Å². The van der Waals surface area contributed by atoms with Crippen molar-refractivity contribution in [3.8, 4) is 17.2 Å². The Hall–Kier alpha value is -2.44. The highest BCUT2D eigenvalue weighted by Crippen LogP contribution is 2.29. The van der Waals surface area contributed by atoms with Crippen LogP contribution in [0, 0.1) is 0 Å². The van der Waals surface area contributed by atoms with E-state index in [2.05, 4.69) is 5.32 Å². The molecule has 0 aromatic heterocycles. The molecular formula is C19H25ClN2O4. The van der Waals surface area contributed by atoms with Gasteiger partial charge in [0, 0.05) is 6.04 Å². The van der Waals surface area contributed by atoms with Gasteiger partial charge in [-0.05, 0) is 43.2 Å². The van der Waals surface area contributed by atoms with Crippen LogP contribution in [0.3, 0.4) is 0 Å². The standard InChI is InChI=1S/C19H24N2O4.ClH/c1-13(20)10-14-8-9-17(18(11-14)24-3)25-12-19(22)21-15-6-4-5-7-16(15)23-2;/h4-9,11,13H,10,12,20H2,1-3H3,(H,21,22);1H. The van der Waals surface area contributed by atoms with E-state index in [1.165, 1.54) is 0 Å². The SMILES string of the molecule is COc1ccccc1NC(=O)COc1ccc(CC(C)N)cc1OC.Cl. The van der Waals surface area contributed by atoms with Crippen LogP contribution in [0.2, 0.25) is 0 Å². The number of carbonyl (C=O) groups excluding carboxylic acids is 1. The number of halogens is 1. The first-order valence-corrected chi connectivity index (χ1v) is 8.01. The third-order valence-electron chi connectivity index (χ3n) is 3.53. The van der Waals surface area contributed by atoms with Crippen LogP contribution in [0.4, 0.5) is 5.69 Å². The van der Waals surface area contributed by atoms with Gasteiger partial charge in [0.1, 0.15) is 5.75 Å². The van der Waals surface area contributed by atoms with Gasteiger partial charge in [0.15, 0.2) is 18.1 Å². The number of nitrogens with two attached hydrogens (primary N) is 1. The predicted octanol–water partition coefficient (Wildman–Crippen LogP) is 3.03. The molecule has 2 aromatic rings. The largest absolute Gasteiger partial charge is 0.495 e. The Balaban J connectivity index is 0.00000338. The summed E-state index contributed by atoms with van der Waals surface area (Å²) in [5.41, 5.74) is 7.46. The van der Waals surface area contributed by atoms with Crippen molar-refractivity contribution in [2.45, 2.75) is 19.4 Å². The molecular weight excluding hydrogens is 356 g/mol. The number of methoxy groups -OCH3 is 2. The van der Waals surface area contributed by atoms with E-state index in [-0.39, 0.29) is 31.0 Å². The van der Waals surface area contributed by atoms with Crippen LogP contribution in [0.5, 0.6) is 17.2 Å². The Bertz CT molecular complexity index is 722. The van der Waals surface area contributed by atoms with Gasteiger partial charge >= 0.3 is 0 Å². The Morgan fingerprint density at radius 1 is 1.08 bits per heavy atom. The van der Waals surface area contributed by atoms with Gasteiger partial charge < -0.3 is 25.3 Å². The molecule has 1 unspecified atom stereocenters. The highest BCUT2D eigenvalue weighted by atomic mass is 35.5. The molecule has 0 aliphatic heterocycles. The maximum Gasteiger partial charge on any atom is 0.262 e. The van der Waals surface area contributed by atoms with E-state index in [1.807, 2.05) is 31.2 Å². The molecule has 0 bridgehead atoms. The summed E-state index contributed by atoms with van der Waals surface area (Å²) in [7, 11) is 3.11. The number of nitrogens with one attached hydrogen (secondary N) is 1. The molecule has 0 fully saturated rings. The summed E-state index contributed by atoms with van der Waals surface area (Å²) in [6.45, 7) is 1.81. The molecule has 26 heavy (non-hydrogen) atoms. The predicted molar refractivity (Wildman–Crippen MR) is 105 cm³/mol. The third-order valence-corrected chi connectivity index (χ3v) is 3.53. The first-order valence-electron chi connectivity index (χ1n) is 8.01. The van der Waals surface area contributed by atoms with Crippen LogP contribution in [-0.4, -0.2) is 32.8 Å². The number of carbonyl (C=O) groups is 1. The van der Waals surface area contributed by atoms with E-state index >= 15 is 0 Å². The smallest absolute Gasteiger partial charge is 0.262 e. The third kappa shape index (κ3) is 6.13. The van der Waals surface area contributed by atoms with Crippen molar-refractivity contribution >= 4 is 24.0 Å². The monoisotopic (exact) mass is 380 g/mol. The maximum absolute atomic E-state index is 12.1. The highest BCUT2D eigenvalue weighted by Gasteiger charge is 2.11. The molecule has 0 saturated carbocycles. The lowest BCUT2D eigenvalue weighted by Gasteiger charge is -2.14. The van der Waals surface area contributed by atoms with Gasteiger partial charge in [-0.1, -0.05) is 18.2 Å². The Kier molecular flexibility index (Phi) is 8.75.